The minimum absolute atomic E-state index is 0. The van der Waals surface area contributed by atoms with Crippen molar-refractivity contribution in [3.8, 4) is 0 Å². The third-order valence-corrected chi connectivity index (χ3v) is 3.66. The van der Waals surface area contributed by atoms with Crippen molar-refractivity contribution in [3.05, 3.63) is 41.5 Å². The molecular formula is C12H9LiO7S. The van der Waals surface area contributed by atoms with Crippen LogP contribution in [0.5, 0.6) is 0 Å². The van der Waals surface area contributed by atoms with Gasteiger partial charge in [-0.05, 0) is 23.6 Å². The van der Waals surface area contributed by atoms with Gasteiger partial charge in [0.05, 0.1) is 11.1 Å². The Hall–Kier alpha value is -1.85. The van der Waals surface area contributed by atoms with Gasteiger partial charge in [0.2, 0.25) is 0 Å². The molecule has 9 heteroatoms. The molecule has 0 spiro atoms. The van der Waals surface area contributed by atoms with Crippen molar-refractivity contribution in [2.75, 3.05) is 0 Å². The van der Waals surface area contributed by atoms with Crippen LogP contribution in [0.1, 0.15) is 22.1 Å². The van der Waals surface area contributed by atoms with Gasteiger partial charge < -0.3 is 11.6 Å². The van der Waals surface area contributed by atoms with Crippen molar-refractivity contribution < 1.29 is 53.1 Å². The summed E-state index contributed by atoms with van der Waals surface area (Å²) in [5, 5.41) is 18.0. The molecule has 106 valence electrons. The second kappa shape index (κ2) is 5.87. The van der Waals surface area contributed by atoms with Gasteiger partial charge in [-0.3, -0.25) is 4.55 Å². The molecule has 3 N–H and O–H groups in total. The Morgan fingerprint density at radius 1 is 1.00 bits per heavy atom. The molecule has 7 nitrogen and oxygen atoms in total. The molecule has 2 aromatic rings. The number of carboxylic acid groups (broad SMARTS) is 2. The molecule has 21 heavy (non-hydrogen) atoms. The van der Waals surface area contributed by atoms with Gasteiger partial charge in [-0.2, -0.15) is 8.42 Å². The molecular weight excluding hydrogens is 295 g/mol. The first-order valence-electron chi connectivity index (χ1n) is 5.22. The van der Waals surface area contributed by atoms with Crippen LogP contribution in [0, 0.1) is 0 Å². The maximum atomic E-state index is 11.4. The van der Waals surface area contributed by atoms with Crippen molar-refractivity contribution in [2.45, 2.75) is 4.90 Å². The predicted molar refractivity (Wildman–Crippen MR) is 68.8 cm³/mol. The van der Waals surface area contributed by atoms with Gasteiger partial charge in [-0.1, -0.05) is 12.1 Å². The number of carbonyl (C=O) groups is 2. The zero-order valence-electron chi connectivity index (χ0n) is 11.8. The number of rotatable bonds is 3. The Kier molecular flexibility index (Phi) is 4.81. The summed E-state index contributed by atoms with van der Waals surface area (Å²) in [6, 6.07) is 5.75. The van der Waals surface area contributed by atoms with Crippen LogP contribution in [0.2, 0.25) is 0 Å². The molecule has 2 rings (SSSR count). The molecule has 0 saturated heterocycles. The molecule has 0 heterocycles. The normalized spacial score (nSPS) is 10.9. The van der Waals surface area contributed by atoms with Gasteiger partial charge in [-0.15, -0.1) is 0 Å². The number of hydrogen-bond donors (Lipinski definition) is 3. The zero-order valence-corrected chi connectivity index (χ0v) is 11.6. The molecule has 0 unspecified atom stereocenters. The Labute approximate surface area is 132 Å². The maximum absolute atomic E-state index is 11.4. The summed E-state index contributed by atoms with van der Waals surface area (Å²) in [5.74, 6) is -2.72. The summed E-state index contributed by atoms with van der Waals surface area (Å²) in [7, 11) is -4.77. The number of hydrogen-bond acceptors (Lipinski definition) is 4. The van der Waals surface area contributed by atoms with E-state index in [9.17, 15) is 22.6 Å². The average Bonchev–Trinajstić information content (AvgIpc) is 2.35. The Morgan fingerprint density at radius 3 is 2.10 bits per heavy atom. The Morgan fingerprint density at radius 2 is 1.62 bits per heavy atom. The summed E-state index contributed by atoms with van der Waals surface area (Å²) in [5.41, 5.74) is -0.662. The second-order valence-corrected chi connectivity index (χ2v) is 5.32. The zero-order chi connectivity index (χ0) is 15.1. The average molecular weight is 304 g/mol. The minimum atomic E-state index is -4.77. The van der Waals surface area contributed by atoms with E-state index in [1.807, 2.05) is 0 Å². The monoisotopic (exact) mass is 304 g/mol. The first-order chi connectivity index (χ1) is 9.21. The molecule has 0 atom stereocenters. The summed E-state index contributed by atoms with van der Waals surface area (Å²) >= 11 is 0. The number of benzene rings is 2. The quantitative estimate of drug-likeness (QED) is 0.470. The molecule has 0 radical (unpaired) electrons. The van der Waals surface area contributed by atoms with Crippen LogP contribution < -0.4 is 18.9 Å². The molecule has 0 saturated carbocycles. The third-order valence-electron chi connectivity index (χ3n) is 2.71. The first-order valence-corrected chi connectivity index (χ1v) is 6.66. The van der Waals surface area contributed by atoms with Crippen LogP contribution in [0.15, 0.2) is 35.2 Å². The molecule has 0 amide bonds. The molecule has 0 bridgehead atoms. The van der Waals surface area contributed by atoms with E-state index in [0.717, 1.165) is 18.2 Å². The molecule has 0 aromatic heterocycles. The van der Waals surface area contributed by atoms with E-state index >= 15 is 0 Å². The van der Waals surface area contributed by atoms with Crippen molar-refractivity contribution in [1.29, 1.82) is 0 Å². The van der Waals surface area contributed by atoms with Crippen LogP contribution in [0.4, 0.5) is 0 Å². The van der Waals surface area contributed by atoms with E-state index in [0.29, 0.717) is 0 Å². The first kappa shape index (κ1) is 17.2. The van der Waals surface area contributed by atoms with E-state index in [1.165, 1.54) is 12.1 Å². The van der Waals surface area contributed by atoms with E-state index in [1.54, 1.807) is 0 Å². The van der Waals surface area contributed by atoms with Crippen LogP contribution in [0.25, 0.3) is 10.8 Å². The van der Waals surface area contributed by atoms with Gasteiger partial charge >= 0.3 is 30.8 Å². The standard InChI is InChI=1S/C12H8O7S.Li.H/c13-11(14)7-2-3-8-6(5-7)1-4-9(12(15)16)10(8)20(17,18)19;;/h1-5H,(H,13,14)(H,15,16)(H,17,18,19);;/q;+1;-1. The number of aromatic carboxylic acids is 2. The molecule has 0 aliphatic rings. The Bertz CT molecular complexity index is 848. The topological polar surface area (TPSA) is 129 Å². The predicted octanol–water partition coefficient (Wildman–Crippen LogP) is -1.40. The van der Waals surface area contributed by atoms with E-state index in [-0.39, 0.29) is 36.6 Å². The molecule has 0 aliphatic carbocycles. The fourth-order valence-corrected chi connectivity index (χ4v) is 2.78. The number of fused-ring (bicyclic) bond motifs is 1. The molecule has 0 aliphatic heterocycles. The van der Waals surface area contributed by atoms with E-state index < -0.39 is 32.5 Å². The summed E-state index contributed by atoms with van der Waals surface area (Å²) < 4.78 is 31.9. The van der Waals surface area contributed by atoms with E-state index in [2.05, 4.69) is 0 Å². The summed E-state index contributed by atoms with van der Waals surface area (Å²) in [6.45, 7) is 0. The molecule has 0 fully saturated rings. The van der Waals surface area contributed by atoms with Crippen molar-refractivity contribution >= 4 is 32.8 Å². The fraction of sp³-hybridized carbons (Fsp3) is 0. The van der Waals surface area contributed by atoms with Gasteiger partial charge in [0.15, 0.2) is 0 Å². The minimum Gasteiger partial charge on any atom is -1.00 e. The SMILES string of the molecule is O=C(O)c1ccc2c(S(=O)(=O)O)c(C(=O)O)ccc2c1.[H-].[Li+]. The van der Waals surface area contributed by atoms with Crippen molar-refractivity contribution in [2.24, 2.45) is 0 Å². The van der Waals surface area contributed by atoms with Gasteiger partial charge in [-0.25, -0.2) is 9.59 Å². The van der Waals surface area contributed by atoms with Crippen molar-refractivity contribution in [1.82, 2.24) is 0 Å². The number of carboxylic acids is 2. The smallest absolute Gasteiger partial charge is 1.00 e. The summed E-state index contributed by atoms with van der Waals surface area (Å²) in [4.78, 5) is 21.1. The second-order valence-electron chi connectivity index (χ2n) is 3.96. The van der Waals surface area contributed by atoms with Gasteiger partial charge in [0.1, 0.15) is 4.90 Å². The largest absolute Gasteiger partial charge is 1.00 e. The third kappa shape index (κ3) is 3.25. The molecule has 2 aromatic carbocycles. The van der Waals surface area contributed by atoms with Crippen LogP contribution in [-0.4, -0.2) is 35.1 Å². The maximum Gasteiger partial charge on any atom is 1.00 e. The Balaban J connectivity index is 0.00000220. The summed E-state index contributed by atoms with van der Waals surface area (Å²) in [6.07, 6.45) is 0. The van der Waals surface area contributed by atoms with Gasteiger partial charge in [0.25, 0.3) is 10.1 Å². The van der Waals surface area contributed by atoms with Gasteiger partial charge in [0, 0.05) is 5.39 Å². The van der Waals surface area contributed by atoms with Crippen LogP contribution in [-0.2, 0) is 10.1 Å². The van der Waals surface area contributed by atoms with Crippen LogP contribution in [0.3, 0.4) is 0 Å². The fourth-order valence-electron chi connectivity index (χ4n) is 1.88. The van der Waals surface area contributed by atoms with Crippen LogP contribution >= 0.6 is 0 Å². The van der Waals surface area contributed by atoms with Crippen molar-refractivity contribution in [3.63, 3.8) is 0 Å². The van der Waals surface area contributed by atoms with E-state index in [4.69, 9.17) is 10.2 Å².